The molecule has 0 heterocycles. The fourth-order valence-electron chi connectivity index (χ4n) is 1.53. The highest BCUT2D eigenvalue weighted by atomic mass is 16.2. The van der Waals surface area contributed by atoms with Gasteiger partial charge in [0, 0.05) is 18.3 Å². The van der Waals surface area contributed by atoms with Gasteiger partial charge in [0.05, 0.1) is 6.04 Å². The summed E-state index contributed by atoms with van der Waals surface area (Å²) >= 11 is 0. The Kier molecular flexibility index (Phi) is 5.32. The maximum Gasteiger partial charge on any atom is 0.251 e. The van der Waals surface area contributed by atoms with Gasteiger partial charge in [-0.1, -0.05) is 13.3 Å². The monoisotopic (exact) mass is 249 g/mol. The molecule has 0 fully saturated rings. The lowest BCUT2D eigenvalue weighted by atomic mass is 10.1. The van der Waals surface area contributed by atoms with E-state index in [-0.39, 0.29) is 11.8 Å². The number of carbonyl (C=O) groups excluding carboxylic acids is 2. The summed E-state index contributed by atoms with van der Waals surface area (Å²) in [4.78, 5) is 23.0. The second-order valence-electron chi connectivity index (χ2n) is 4.04. The molecule has 0 aromatic heterocycles. The predicted octanol–water partition coefficient (Wildman–Crippen LogP) is 1.11. The Hall–Kier alpha value is -1.88. The highest BCUT2D eigenvalue weighted by Gasteiger charge is 2.12. The minimum atomic E-state index is -0.492. The first kappa shape index (κ1) is 14.2. The molecule has 1 unspecified atom stereocenters. The van der Waals surface area contributed by atoms with Crippen molar-refractivity contribution < 1.29 is 9.59 Å². The topological polar surface area (TPSA) is 84.2 Å². The molecular formula is C13H19N3O2. The van der Waals surface area contributed by atoms with Crippen molar-refractivity contribution in [3.63, 3.8) is 0 Å². The van der Waals surface area contributed by atoms with Crippen LogP contribution in [0.1, 0.15) is 30.1 Å². The molecule has 0 saturated carbocycles. The lowest BCUT2D eigenvalue weighted by Crippen LogP contribution is -2.35. The van der Waals surface area contributed by atoms with Crippen molar-refractivity contribution in [1.82, 2.24) is 5.32 Å². The molecule has 4 N–H and O–H groups in total. The van der Waals surface area contributed by atoms with Crippen molar-refractivity contribution in [2.75, 3.05) is 12.4 Å². The summed E-state index contributed by atoms with van der Waals surface area (Å²) in [5.41, 5.74) is 6.89. The Balaban J connectivity index is 2.63. The Bertz CT molecular complexity index is 415. The fraction of sp³-hybridized carbons (Fsp3) is 0.385. The van der Waals surface area contributed by atoms with Crippen LogP contribution in [0.4, 0.5) is 5.69 Å². The van der Waals surface area contributed by atoms with Crippen LogP contribution in [0.5, 0.6) is 0 Å². The molecule has 0 bridgehead atoms. The van der Waals surface area contributed by atoms with Crippen molar-refractivity contribution in [2.45, 2.75) is 25.8 Å². The number of rotatable bonds is 5. The summed E-state index contributed by atoms with van der Waals surface area (Å²) in [6, 6.07) is 6.18. The maximum absolute atomic E-state index is 11.7. The van der Waals surface area contributed by atoms with Crippen molar-refractivity contribution in [1.29, 1.82) is 0 Å². The smallest absolute Gasteiger partial charge is 0.251 e. The Morgan fingerprint density at radius 3 is 2.39 bits per heavy atom. The molecule has 5 heteroatoms. The molecule has 0 aliphatic rings. The van der Waals surface area contributed by atoms with E-state index in [0.29, 0.717) is 17.7 Å². The van der Waals surface area contributed by atoms with E-state index in [9.17, 15) is 9.59 Å². The zero-order chi connectivity index (χ0) is 13.5. The fourth-order valence-corrected chi connectivity index (χ4v) is 1.53. The first-order valence-electron chi connectivity index (χ1n) is 5.97. The van der Waals surface area contributed by atoms with Gasteiger partial charge in [-0.25, -0.2) is 0 Å². The zero-order valence-electron chi connectivity index (χ0n) is 10.7. The van der Waals surface area contributed by atoms with Gasteiger partial charge in [0.15, 0.2) is 0 Å². The van der Waals surface area contributed by atoms with Gasteiger partial charge >= 0.3 is 0 Å². The first-order chi connectivity index (χ1) is 8.58. The summed E-state index contributed by atoms with van der Waals surface area (Å²) in [5.74, 6) is -0.361. The molecule has 2 amide bonds. The molecule has 0 radical (unpaired) electrons. The average Bonchev–Trinajstić information content (AvgIpc) is 2.39. The SMILES string of the molecule is CCCC(N)C(=O)Nc1ccc(C(=O)NC)cc1. The second-order valence-corrected chi connectivity index (χ2v) is 4.04. The van der Waals surface area contributed by atoms with Gasteiger partial charge in [-0.3, -0.25) is 9.59 Å². The molecule has 0 spiro atoms. The third kappa shape index (κ3) is 3.85. The molecule has 0 aliphatic carbocycles. The van der Waals surface area contributed by atoms with Crippen molar-refractivity contribution in [3.8, 4) is 0 Å². The Labute approximate surface area is 107 Å². The number of hydrogen-bond acceptors (Lipinski definition) is 3. The van der Waals surface area contributed by atoms with Crippen molar-refractivity contribution >= 4 is 17.5 Å². The van der Waals surface area contributed by atoms with Crippen LogP contribution in [0.3, 0.4) is 0 Å². The number of anilines is 1. The standard InChI is InChI=1S/C13H19N3O2/c1-3-4-11(14)13(18)16-10-7-5-9(6-8-10)12(17)15-2/h5-8,11H,3-4,14H2,1-2H3,(H,15,17)(H,16,18). The van der Waals surface area contributed by atoms with Gasteiger partial charge in [0.25, 0.3) is 5.91 Å². The van der Waals surface area contributed by atoms with Crippen LogP contribution in [-0.4, -0.2) is 24.9 Å². The van der Waals surface area contributed by atoms with E-state index < -0.39 is 6.04 Å². The van der Waals surface area contributed by atoms with Crippen LogP contribution >= 0.6 is 0 Å². The quantitative estimate of drug-likeness (QED) is 0.731. The minimum Gasteiger partial charge on any atom is -0.355 e. The van der Waals surface area contributed by atoms with E-state index in [4.69, 9.17) is 5.73 Å². The van der Waals surface area contributed by atoms with Crippen molar-refractivity contribution in [2.24, 2.45) is 5.73 Å². The molecule has 0 aliphatic heterocycles. The third-order valence-electron chi connectivity index (χ3n) is 2.58. The molecule has 1 aromatic rings. The van der Waals surface area contributed by atoms with Gasteiger partial charge < -0.3 is 16.4 Å². The van der Waals surface area contributed by atoms with Crippen LogP contribution in [0.25, 0.3) is 0 Å². The van der Waals surface area contributed by atoms with E-state index in [2.05, 4.69) is 10.6 Å². The van der Waals surface area contributed by atoms with E-state index >= 15 is 0 Å². The Morgan fingerprint density at radius 2 is 1.89 bits per heavy atom. The van der Waals surface area contributed by atoms with E-state index in [1.807, 2.05) is 6.92 Å². The number of benzene rings is 1. The molecule has 5 nitrogen and oxygen atoms in total. The summed E-state index contributed by atoms with van der Waals surface area (Å²) in [7, 11) is 1.57. The van der Waals surface area contributed by atoms with Gasteiger partial charge in [-0.2, -0.15) is 0 Å². The first-order valence-corrected chi connectivity index (χ1v) is 5.97. The van der Waals surface area contributed by atoms with Crippen LogP contribution < -0.4 is 16.4 Å². The summed E-state index contributed by atoms with van der Waals surface area (Å²) in [5, 5.41) is 5.25. The van der Waals surface area contributed by atoms with E-state index in [1.54, 1.807) is 31.3 Å². The van der Waals surface area contributed by atoms with Crippen LogP contribution in [0.15, 0.2) is 24.3 Å². The molecule has 18 heavy (non-hydrogen) atoms. The van der Waals surface area contributed by atoms with Gasteiger partial charge in [-0.05, 0) is 30.7 Å². The molecule has 0 saturated heterocycles. The van der Waals surface area contributed by atoms with Gasteiger partial charge in [0.1, 0.15) is 0 Å². The third-order valence-corrected chi connectivity index (χ3v) is 2.58. The lowest BCUT2D eigenvalue weighted by Gasteiger charge is -2.11. The second kappa shape index (κ2) is 6.76. The molecular weight excluding hydrogens is 230 g/mol. The van der Waals surface area contributed by atoms with Gasteiger partial charge in [0.2, 0.25) is 5.91 Å². The number of nitrogens with two attached hydrogens (primary N) is 1. The largest absolute Gasteiger partial charge is 0.355 e. The number of hydrogen-bond donors (Lipinski definition) is 3. The average molecular weight is 249 g/mol. The summed E-state index contributed by atoms with van der Waals surface area (Å²) in [6.07, 6.45) is 1.52. The van der Waals surface area contributed by atoms with Crippen LogP contribution in [0, 0.1) is 0 Å². The summed E-state index contributed by atoms with van der Waals surface area (Å²) < 4.78 is 0. The number of nitrogens with one attached hydrogen (secondary N) is 2. The minimum absolute atomic E-state index is 0.157. The predicted molar refractivity (Wildman–Crippen MR) is 71.3 cm³/mol. The normalized spacial score (nSPS) is 11.7. The highest BCUT2D eigenvalue weighted by molar-refractivity contribution is 5.96. The lowest BCUT2D eigenvalue weighted by molar-refractivity contribution is -0.117. The number of carbonyl (C=O) groups is 2. The maximum atomic E-state index is 11.7. The molecule has 1 aromatic carbocycles. The van der Waals surface area contributed by atoms with E-state index in [0.717, 1.165) is 6.42 Å². The molecule has 1 atom stereocenters. The van der Waals surface area contributed by atoms with Crippen LogP contribution in [-0.2, 0) is 4.79 Å². The Morgan fingerprint density at radius 1 is 1.28 bits per heavy atom. The molecule has 98 valence electrons. The van der Waals surface area contributed by atoms with Crippen molar-refractivity contribution in [3.05, 3.63) is 29.8 Å². The number of amides is 2. The van der Waals surface area contributed by atoms with Gasteiger partial charge in [-0.15, -0.1) is 0 Å². The molecule has 1 rings (SSSR count). The van der Waals surface area contributed by atoms with E-state index in [1.165, 1.54) is 0 Å². The zero-order valence-corrected chi connectivity index (χ0v) is 10.7. The van der Waals surface area contributed by atoms with Crippen LogP contribution in [0.2, 0.25) is 0 Å². The highest BCUT2D eigenvalue weighted by Crippen LogP contribution is 2.10. The summed E-state index contributed by atoms with van der Waals surface area (Å²) in [6.45, 7) is 1.98.